The van der Waals surface area contributed by atoms with E-state index in [1.54, 1.807) is 56.3 Å². The topological polar surface area (TPSA) is 82.8 Å². The normalized spacial score (nSPS) is 20.1. The number of esters is 2. The molecule has 31 heavy (non-hydrogen) atoms. The highest BCUT2D eigenvalue weighted by Crippen LogP contribution is 2.50. The van der Waals surface area contributed by atoms with Gasteiger partial charge in [-0.3, -0.25) is 9.59 Å². The largest absolute Gasteiger partial charge is 0.469 e. The molecule has 1 heterocycles. The first-order valence-electron chi connectivity index (χ1n) is 10.3. The van der Waals surface area contributed by atoms with Crippen LogP contribution in [0.2, 0.25) is 0 Å². The first-order chi connectivity index (χ1) is 14.9. The molecule has 0 radical (unpaired) electrons. The first kappa shape index (κ1) is 22.3. The van der Waals surface area contributed by atoms with Crippen LogP contribution in [0.25, 0.3) is 0 Å². The van der Waals surface area contributed by atoms with Gasteiger partial charge in [0.15, 0.2) is 5.78 Å². The molecule has 0 spiro atoms. The van der Waals surface area contributed by atoms with Crippen LogP contribution in [0.5, 0.6) is 0 Å². The molecule has 6 heteroatoms. The second kappa shape index (κ2) is 9.60. The maximum Gasteiger partial charge on any atom is 0.333 e. The van der Waals surface area contributed by atoms with E-state index in [1.807, 2.05) is 6.07 Å². The summed E-state index contributed by atoms with van der Waals surface area (Å²) in [6.45, 7) is 7.61. The lowest BCUT2D eigenvalue weighted by Gasteiger charge is -2.26. The SMILES string of the molecule is C=C(C[C@]1(C(=O)OCC)C=C(C(=O)c2ccccc2)C(c2ccco2)C1)C(=O)OCC. The van der Waals surface area contributed by atoms with Crippen LogP contribution in [-0.4, -0.2) is 30.9 Å². The standard InChI is InChI=1S/C25H26O6/c1-4-29-23(27)17(3)14-25(24(28)30-5-2)15-19(21-12-9-13-31-21)20(16-25)22(26)18-10-7-6-8-11-18/h6-13,16,19H,3-5,14-15H2,1-2H3/t19?,25-/m1/s1. The third kappa shape index (κ3) is 4.68. The van der Waals surface area contributed by atoms with Gasteiger partial charge in [-0.05, 0) is 38.8 Å². The number of carbonyl (C=O) groups excluding carboxylic acids is 3. The number of ketones is 1. The molecular weight excluding hydrogens is 396 g/mol. The van der Waals surface area contributed by atoms with Crippen molar-refractivity contribution in [1.82, 2.24) is 0 Å². The number of ether oxygens (including phenoxy) is 2. The van der Waals surface area contributed by atoms with Crippen LogP contribution in [-0.2, 0) is 19.1 Å². The Labute approximate surface area is 181 Å². The number of hydrogen-bond acceptors (Lipinski definition) is 6. The minimum Gasteiger partial charge on any atom is -0.469 e. The molecule has 1 aliphatic rings. The number of carbonyl (C=O) groups is 3. The third-order valence-corrected chi connectivity index (χ3v) is 5.34. The molecule has 1 aromatic heterocycles. The van der Waals surface area contributed by atoms with E-state index in [-0.39, 0.29) is 37.4 Å². The highest BCUT2D eigenvalue weighted by molar-refractivity contribution is 6.10. The van der Waals surface area contributed by atoms with Crippen molar-refractivity contribution in [3.05, 3.63) is 83.9 Å². The van der Waals surface area contributed by atoms with Gasteiger partial charge in [-0.25, -0.2) is 4.79 Å². The number of furan rings is 1. The molecule has 0 saturated heterocycles. The number of rotatable bonds is 9. The van der Waals surface area contributed by atoms with Gasteiger partial charge >= 0.3 is 11.9 Å². The molecule has 0 bridgehead atoms. The van der Waals surface area contributed by atoms with Crippen molar-refractivity contribution in [2.24, 2.45) is 5.41 Å². The van der Waals surface area contributed by atoms with Gasteiger partial charge in [-0.1, -0.05) is 43.0 Å². The van der Waals surface area contributed by atoms with Gasteiger partial charge in [0.05, 0.1) is 24.9 Å². The first-order valence-corrected chi connectivity index (χ1v) is 10.3. The van der Waals surface area contributed by atoms with E-state index in [0.717, 1.165) is 0 Å². The van der Waals surface area contributed by atoms with Gasteiger partial charge in [0.1, 0.15) is 5.76 Å². The molecule has 6 nitrogen and oxygen atoms in total. The average molecular weight is 422 g/mol. The fourth-order valence-electron chi connectivity index (χ4n) is 3.95. The van der Waals surface area contributed by atoms with E-state index in [1.165, 1.54) is 6.26 Å². The van der Waals surface area contributed by atoms with Gasteiger partial charge in [-0.2, -0.15) is 0 Å². The van der Waals surface area contributed by atoms with E-state index in [2.05, 4.69) is 6.58 Å². The van der Waals surface area contributed by atoms with Gasteiger partial charge < -0.3 is 13.9 Å². The van der Waals surface area contributed by atoms with Crippen LogP contribution < -0.4 is 0 Å². The summed E-state index contributed by atoms with van der Waals surface area (Å²) >= 11 is 0. The molecule has 1 unspecified atom stereocenters. The highest BCUT2D eigenvalue weighted by Gasteiger charge is 2.49. The highest BCUT2D eigenvalue weighted by atomic mass is 16.5. The Morgan fingerprint density at radius 2 is 1.77 bits per heavy atom. The molecule has 1 aromatic carbocycles. The maximum atomic E-state index is 13.4. The second-order valence-electron chi connectivity index (χ2n) is 7.44. The van der Waals surface area contributed by atoms with Crippen molar-refractivity contribution in [3.63, 3.8) is 0 Å². The van der Waals surface area contributed by atoms with E-state index in [4.69, 9.17) is 13.9 Å². The van der Waals surface area contributed by atoms with Gasteiger partial charge in [0, 0.05) is 22.6 Å². The molecule has 3 rings (SSSR count). The summed E-state index contributed by atoms with van der Waals surface area (Å²) in [7, 11) is 0. The molecular formula is C25H26O6. The monoisotopic (exact) mass is 422 g/mol. The Morgan fingerprint density at radius 1 is 1.06 bits per heavy atom. The summed E-state index contributed by atoms with van der Waals surface area (Å²) in [6, 6.07) is 12.4. The summed E-state index contributed by atoms with van der Waals surface area (Å²) in [5.41, 5.74) is -0.130. The number of benzene rings is 1. The summed E-state index contributed by atoms with van der Waals surface area (Å²) in [6.07, 6.45) is 3.39. The smallest absolute Gasteiger partial charge is 0.333 e. The van der Waals surface area contributed by atoms with Crippen molar-refractivity contribution < 1.29 is 28.3 Å². The molecule has 0 aliphatic heterocycles. The van der Waals surface area contributed by atoms with Crippen LogP contribution in [0.4, 0.5) is 0 Å². The van der Waals surface area contributed by atoms with E-state index in [0.29, 0.717) is 16.9 Å². The predicted octanol–water partition coefficient (Wildman–Crippen LogP) is 4.64. The molecule has 0 N–H and O–H groups in total. The van der Waals surface area contributed by atoms with E-state index >= 15 is 0 Å². The van der Waals surface area contributed by atoms with Crippen LogP contribution in [0.3, 0.4) is 0 Å². The quantitative estimate of drug-likeness (QED) is 0.333. The molecule has 162 valence electrons. The average Bonchev–Trinajstić information content (AvgIpc) is 3.43. The van der Waals surface area contributed by atoms with Crippen LogP contribution in [0.15, 0.2) is 76.9 Å². The fraction of sp³-hybridized carbons (Fsp3) is 0.320. The summed E-state index contributed by atoms with van der Waals surface area (Å²) in [4.78, 5) is 38.7. The Balaban J connectivity index is 2.06. The lowest BCUT2D eigenvalue weighted by atomic mass is 9.79. The molecule has 0 fully saturated rings. The van der Waals surface area contributed by atoms with Crippen LogP contribution in [0, 0.1) is 5.41 Å². The predicted molar refractivity (Wildman–Crippen MR) is 114 cm³/mol. The van der Waals surface area contributed by atoms with Crippen molar-refractivity contribution in [3.8, 4) is 0 Å². The van der Waals surface area contributed by atoms with Crippen molar-refractivity contribution in [1.29, 1.82) is 0 Å². The maximum absolute atomic E-state index is 13.4. The summed E-state index contributed by atoms with van der Waals surface area (Å²) in [5, 5.41) is 0. The van der Waals surface area contributed by atoms with E-state index < -0.39 is 23.3 Å². The van der Waals surface area contributed by atoms with Crippen molar-refractivity contribution in [2.75, 3.05) is 13.2 Å². The zero-order valence-electron chi connectivity index (χ0n) is 17.8. The number of hydrogen-bond donors (Lipinski definition) is 0. The second-order valence-corrected chi connectivity index (χ2v) is 7.44. The van der Waals surface area contributed by atoms with E-state index in [9.17, 15) is 14.4 Å². The molecule has 2 aromatic rings. The lowest BCUT2D eigenvalue weighted by Crippen LogP contribution is -2.32. The van der Waals surface area contributed by atoms with Crippen molar-refractivity contribution in [2.45, 2.75) is 32.6 Å². The third-order valence-electron chi connectivity index (χ3n) is 5.34. The number of allylic oxidation sites excluding steroid dienone is 1. The van der Waals surface area contributed by atoms with Crippen molar-refractivity contribution >= 4 is 17.7 Å². The molecule has 0 amide bonds. The minimum absolute atomic E-state index is 0.00650. The summed E-state index contributed by atoms with van der Waals surface area (Å²) in [5.74, 6) is -1.16. The van der Waals surface area contributed by atoms with Gasteiger partial charge in [0.25, 0.3) is 0 Å². The Kier molecular flexibility index (Phi) is 6.90. The molecule has 2 atom stereocenters. The minimum atomic E-state index is -1.23. The Morgan fingerprint density at radius 3 is 2.39 bits per heavy atom. The zero-order valence-corrected chi connectivity index (χ0v) is 17.8. The fourth-order valence-corrected chi connectivity index (χ4v) is 3.95. The van der Waals surface area contributed by atoms with Crippen LogP contribution in [0.1, 0.15) is 48.7 Å². The molecule has 1 aliphatic carbocycles. The van der Waals surface area contributed by atoms with Gasteiger partial charge in [-0.15, -0.1) is 0 Å². The van der Waals surface area contributed by atoms with Gasteiger partial charge in [0.2, 0.25) is 0 Å². The summed E-state index contributed by atoms with van der Waals surface area (Å²) < 4.78 is 16.0. The zero-order chi connectivity index (χ0) is 22.4. The van der Waals surface area contributed by atoms with Crippen LogP contribution >= 0.6 is 0 Å². The number of Topliss-reactive ketones (excluding diaryl/α,β-unsaturated/α-hetero) is 1. The molecule has 0 saturated carbocycles. The lowest BCUT2D eigenvalue weighted by molar-refractivity contribution is -0.152. The Hall–Kier alpha value is -3.41. The Bertz CT molecular complexity index is 986.